The molecule has 2 aromatic heterocycles. The van der Waals surface area contributed by atoms with E-state index in [0.29, 0.717) is 13.2 Å². The molecule has 5 nitrogen and oxygen atoms in total. The van der Waals surface area contributed by atoms with Crippen LogP contribution in [-0.4, -0.2) is 47.2 Å². The second-order valence-corrected chi connectivity index (χ2v) is 7.57. The van der Waals surface area contributed by atoms with Gasteiger partial charge in [-0.15, -0.1) is 11.3 Å². The lowest BCUT2D eigenvalue weighted by Gasteiger charge is -2.32. The van der Waals surface area contributed by atoms with E-state index >= 15 is 0 Å². The maximum absolute atomic E-state index is 12.9. The molecule has 2 aliphatic rings. The van der Waals surface area contributed by atoms with Crippen molar-refractivity contribution in [3.63, 3.8) is 0 Å². The molecule has 2 aliphatic heterocycles. The van der Waals surface area contributed by atoms with Crippen molar-refractivity contribution >= 4 is 17.2 Å². The van der Waals surface area contributed by atoms with Crippen LogP contribution in [0.2, 0.25) is 0 Å². The van der Waals surface area contributed by atoms with Crippen LogP contribution in [0.25, 0.3) is 0 Å². The van der Waals surface area contributed by atoms with E-state index in [1.165, 1.54) is 11.3 Å². The van der Waals surface area contributed by atoms with Crippen molar-refractivity contribution in [1.29, 1.82) is 0 Å². The molecule has 0 spiro atoms. The molecular formula is C19H22N2O3S. The number of fused-ring (bicyclic) bond motifs is 1. The number of carbonyl (C=O) groups is 1. The lowest BCUT2D eigenvalue weighted by Crippen LogP contribution is -2.43. The zero-order valence-corrected chi connectivity index (χ0v) is 15.1. The minimum Gasteiger partial charge on any atom is -0.373 e. The number of likely N-dealkylation sites (tertiary alicyclic amines) is 1. The van der Waals surface area contributed by atoms with Crippen LogP contribution in [0.4, 0.5) is 0 Å². The Morgan fingerprint density at radius 3 is 3.16 bits per heavy atom. The van der Waals surface area contributed by atoms with E-state index in [2.05, 4.69) is 4.98 Å². The van der Waals surface area contributed by atoms with Gasteiger partial charge in [0.05, 0.1) is 29.8 Å². The lowest BCUT2D eigenvalue weighted by molar-refractivity contribution is -0.0814. The highest BCUT2D eigenvalue weighted by Crippen LogP contribution is 2.33. The summed E-state index contributed by atoms with van der Waals surface area (Å²) in [7, 11) is 0. The minimum absolute atomic E-state index is 0.0394. The fourth-order valence-electron chi connectivity index (χ4n) is 3.65. The second kappa shape index (κ2) is 7.23. The van der Waals surface area contributed by atoms with Crippen molar-refractivity contribution in [2.24, 2.45) is 0 Å². The van der Waals surface area contributed by atoms with Crippen LogP contribution in [0.15, 0.2) is 35.8 Å². The molecule has 3 atom stereocenters. The normalized spacial score (nSPS) is 25.8. The molecule has 0 unspecified atom stereocenters. The van der Waals surface area contributed by atoms with Gasteiger partial charge in [0.15, 0.2) is 0 Å². The molecule has 0 N–H and O–H groups in total. The van der Waals surface area contributed by atoms with Gasteiger partial charge in [0.1, 0.15) is 12.2 Å². The van der Waals surface area contributed by atoms with Crippen molar-refractivity contribution in [3.05, 3.63) is 52.0 Å². The molecular weight excluding hydrogens is 336 g/mol. The highest BCUT2D eigenvalue weighted by atomic mass is 32.1. The fraction of sp³-hybridized carbons (Fsp3) is 0.474. The molecule has 2 fully saturated rings. The summed E-state index contributed by atoms with van der Waals surface area (Å²) < 4.78 is 12.1. The summed E-state index contributed by atoms with van der Waals surface area (Å²) in [4.78, 5) is 20.0. The van der Waals surface area contributed by atoms with Crippen LogP contribution < -0.4 is 0 Å². The summed E-state index contributed by atoms with van der Waals surface area (Å²) in [6.07, 6.45) is 3.59. The number of pyridine rings is 1. The quantitative estimate of drug-likeness (QED) is 0.843. The Hall–Kier alpha value is -1.76. The first-order chi connectivity index (χ1) is 12.2. The van der Waals surface area contributed by atoms with E-state index in [0.717, 1.165) is 35.6 Å². The third-order valence-electron chi connectivity index (χ3n) is 4.85. The summed E-state index contributed by atoms with van der Waals surface area (Å²) in [6.45, 7) is 3.78. The average molecular weight is 358 g/mol. The SMILES string of the molecule is Cc1csc(C(=O)N2C[C@H](OCc3ccccn3)[C@H]3OCCC[C@H]32)c1. The average Bonchev–Trinajstić information content (AvgIpc) is 3.24. The first-order valence-corrected chi connectivity index (χ1v) is 9.59. The number of thiophene rings is 1. The van der Waals surface area contributed by atoms with Crippen LogP contribution >= 0.6 is 11.3 Å². The Bertz CT molecular complexity index is 733. The highest BCUT2D eigenvalue weighted by molar-refractivity contribution is 7.12. The number of amides is 1. The summed E-state index contributed by atoms with van der Waals surface area (Å²) >= 11 is 1.51. The van der Waals surface area contributed by atoms with E-state index < -0.39 is 0 Å². The Kier molecular flexibility index (Phi) is 4.83. The summed E-state index contributed by atoms with van der Waals surface area (Å²) in [5, 5.41) is 2.02. The molecule has 25 heavy (non-hydrogen) atoms. The van der Waals surface area contributed by atoms with Crippen molar-refractivity contribution in [2.45, 2.75) is 44.6 Å². The van der Waals surface area contributed by atoms with Gasteiger partial charge in [-0.1, -0.05) is 6.07 Å². The Labute approximate surface area is 151 Å². The van der Waals surface area contributed by atoms with Crippen molar-refractivity contribution in [2.75, 3.05) is 13.2 Å². The molecule has 6 heteroatoms. The van der Waals surface area contributed by atoms with Gasteiger partial charge in [0.25, 0.3) is 5.91 Å². The molecule has 0 bridgehead atoms. The minimum atomic E-state index is -0.0997. The number of aryl methyl sites for hydroxylation is 1. The Morgan fingerprint density at radius 2 is 2.40 bits per heavy atom. The lowest BCUT2D eigenvalue weighted by atomic mass is 10.0. The smallest absolute Gasteiger partial charge is 0.264 e. The molecule has 0 saturated carbocycles. The van der Waals surface area contributed by atoms with Crippen LogP contribution in [0.5, 0.6) is 0 Å². The van der Waals surface area contributed by atoms with Crippen LogP contribution in [0.3, 0.4) is 0 Å². The maximum atomic E-state index is 12.9. The number of hydrogen-bond donors (Lipinski definition) is 0. The largest absolute Gasteiger partial charge is 0.373 e. The van der Waals surface area contributed by atoms with Gasteiger partial charge in [0, 0.05) is 12.8 Å². The first-order valence-electron chi connectivity index (χ1n) is 8.71. The monoisotopic (exact) mass is 358 g/mol. The van der Waals surface area contributed by atoms with Crippen molar-refractivity contribution in [1.82, 2.24) is 9.88 Å². The molecule has 4 rings (SSSR count). The predicted molar refractivity (Wildman–Crippen MR) is 95.7 cm³/mol. The van der Waals surface area contributed by atoms with Crippen LogP contribution in [0, 0.1) is 6.92 Å². The number of ether oxygens (including phenoxy) is 2. The molecule has 2 saturated heterocycles. The van der Waals surface area contributed by atoms with E-state index in [1.807, 2.05) is 41.5 Å². The maximum Gasteiger partial charge on any atom is 0.264 e. The van der Waals surface area contributed by atoms with Crippen LogP contribution in [0.1, 0.15) is 33.8 Å². The van der Waals surface area contributed by atoms with E-state index in [9.17, 15) is 4.79 Å². The Morgan fingerprint density at radius 1 is 1.48 bits per heavy atom. The zero-order chi connectivity index (χ0) is 17.2. The molecule has 132 valence electrons. The Balaban J connectivity index is 1.48. The number of hydrogen-bond acceptors (Lipinski definition) is 5. The van der Waals surface area contributed by atoms with Gasteiger partial charge in [0.2, 0.25) is 0 Å². The summed E-state index contributed by atoms with van der Waals surface area (Å²) in [5.41, 5.74) is 2.03. The molecule has 2 aromatic rings. The topological polar surface area (TPSA) is 51.7 Å². The molecule has 1 amide bonds. The third kappa shape index (κ3) is 3.47. The number of carbonyl (C=O) groups excluding carboxylic acids is 1. The van der Waals surface area contributed by atoms with Gasteiger partial charge in [-0.25, -0.2) is 0 Å². The van der Waals surface area contributed by atoms with Gasteiger partial charge >= 0.3 is 0 Å². The van der Waals surface area contributed by atoms with Gasteiger partial charge in [-0.2, -0.15) is 0 Å². The third-order valence-corrected chi connectivity index (χ3v) is 5.89. The predicted octanol–water partition coefficient (Wildman–Crippen LogP) is 3.04. The number of aromatic nitrogens is 1. The molecule has 4 heterocycles. The number of rotatable bonds is 4. The van der Waals surface area contributed by atoms with E-state index in [-0.39, 0.29) is 24.2 Å². The molecule has 0 aliphatic carbocycles. The molecule has 0 aromatic carbocycles. The first kappa shape index (κ1) is 16.7. The second-order valence-electron chi connectivity index (χ2n) is 6.66. The van der Waals surface area contributed by atoms with Crippen molar-refractivity contribution < 1.29 is 14.3 Å². The van der Waals surface area contributed by atoms with Crippen molar-refractivity contribution in [3.8, 4) is 0 Å². The van der Waals surface area contributed by atoms with E-state index in [1.54, 1.807) is 6.20 Å². The van der Waals surface area contributed by atoms with Crippen LogP contribution in [-0.2, 0) is 16.1 Å². The molecule has 0 radical (unpaired) electrons. The zero-order valence-electron chi connectivity index (χ0n) is 14.3. The van der Waals surface area contributed by atoms with Gasteiger partial charge in [-0.3, -0.25) is 9.78 Å². The van der Waals surface area contributed by atoms with E-state index in [4.69, 9.17) is 9.47 Å². The summed E-state index contributed by atoms with van der Waals surface area (Å²) in [5.74, 6) is 0.0996. The van der Waals surface area contributed by atoms with Gasteiger partial charge < -0.3 is 14.4 Å². The standard InChI is InChI=1S/C19H22N2O3S/c1-13-9-17(25-12-13)19(22)21-10-16(18-15(21)6-4-8-23-18)24-11-14-5-2-3-7-20-14/h2-3,5,7,9,12,15-16,18H,4,6,8,10-11H2,1H3/t15-,16+,18+/m1/s1. The highest BCUT2D eigenvalue weighted by Gasteiger charge is 2.47. The van der Waals surface area contributed by atoms with Gasteiger partial charge in [-0.05, 0) is 48.9 Å². The fourth-order valence-corrected chi connectivity index (χ4v) is 4.50. The number of nitrogens with zero attached hydrogens (tertiary/aromatic N) is 2. The summed E-state index contributed by atoms with van der Waals surface area (Å²) in [6, 6.07) is 7.87.